The van der Waals surface area contributed by atoms with Gasteiger partial charge < -0.3 is 15.1 Å². The number of nitrogens with one attached hydrogen (secondary N) is 2. The molecule has 0 aliphatic heterocycles. The Morgan fingerprint density at radius 3 is 2.33 bits per heavy atom. The molecule has 1 heterocycles. The van der Waals surface area contributed by atoms with Crippen LogP contribution in [0.4, 0.5) is 5.69 Å². The van der Waals surface area contributed by atoms with Crippen molar-refractivity contribution in [2.45, 2.75) is 25.4 Å². The molecule has 156 valence electrons. The van der Waals surface area contributed by atoms with Crippen molar-refractivity contribution in [3.05, 3.63) is 88.9 Å². The van der Waals surface area contributed by atoms with Crippen LogP contribution in [0, 0.1) is 13.8 Å². The van der Waals surface area contributed by atoms with Gasteiger partial charge in [0.05, 0.1) is 12.1 Å². The van der Waals surface area contributed by atoms with Crippen LogP contribution in [-0.4, -0.2) is 22.6 Å². The van der Waals surface area contributed by atoms with Gasteiger partial charge in [-0.2, -0.15) is 0 Å². The molecule has 0 fully saturated rings. The summed E-state index contributed by atoms with van der Waals surface area (Å²) in [7, 11) is -1.05. The lowest BCUT2D eigenvalue weighted by molar-refractivity contribution is -0.115. The zero-order valence-electron chi connectivity index (χ0n) is 16.9. The molecule has 0 aliphatic carbocycles. The largest absolute Gasteiger partial charge is 0.466 e. The molecule has 1 unspecified atom stereocenters. The minimum Gasteiger partial charge on any atom is -0.466 e. The Balaban J connectivity index is 1.51. The third-order valence-electron chi connectivity index (χ3n) is 4.40. The first kappa shape index (κ1) is 21.5. The molecule has 3 rings (SSSR count). The zero-order chi connectivity index (χ0) is 21.5. The number of carbonyl (C=O) groups excluding carboxylic acids is 2. The smallest absolute Gasteiger partial charge is 0.255 e. The molecule has 30 heavy (non-hydrogen) atoms. The Bertz CT molecular complexity index is 1060. The van der Waals surface area contributed by atoms with Gasteiger partial charge in [-0.15, -0.1) is 0 Å². The third kappa shape index (κ3) is 6.15. The van der Waals surface area contributed by atoms with Gasteiger partial charge in [0.15, 0.2) is 0 Å². The zero-order valence-corrected chi connectivity index (χ0v) is 17.8. The van der Waals surface area contributed by atoms with E-state index in [0.717, 1.165) is 11.1 Å². The number of hydrogen-bond donors (Lipinski definition) is 2. The minimum absolute atomic E-state index is 0.160. The van der Waals surface area contributed by atoms with E-state index in [4.69, 9.17) is 4.42 Å². The molecule has 3 aromatic rings. The van der Waals surface area contributed by atoms with Crippen molar-refractivity contribution < 1.29 is 18.2 Å². The van der Waals surface area contributed by atoms with E-state index in [-0.39, 0.29) is 18.4 Å². The van der Waals surface area contributed by atoms with Crippen molar-refractivity contribution in [1.29, 1.82) is 0 Å². The lowest BCUT2D eigenvalue weighted by Crippen LogP contribution is -2.33. The molecule has 2 amide bonds. The summed E-state index contributed by atoms with van der Waals surface area (Å²) in [5, 5.41) is 5.34. The minimum atomic E-state index is -1.05. The van der Waals surface area contributed by atoms with Crippen LogP contribution in [0.3, 0.4) is 0 Å². The molecule has 1 atom stereocenters. The predicted molar refractivity (Wildman–Crippen MR) is 118 cm³/mol. The summed E-state index contributed by atoms with van der Waals surface area (Å²) in [6.07, 6.45) is 0. The van der Waals surface area contributed by atoms with Crippen LogP contribution in [-0.2, 0) is 27.1 Å². The molecule has 1 aromatic heterocycles. The Morgan fingerprint density at radius 1 is 0.933 bits per heavy atom. The van der Waals surface area contributed by atoms with Crippen LogP contribution in [0.5, 0.6) is 0 Å². The maximum absolute atomic E-state index is 12.4. The lowest BCUT2D eigenvalue weighted by atomic mass is 10.2. The number of aryl methyl sites for hydroxylation is 2. The summed E-state index contributed by atoms with van der Waals surface area (Å²) in [4.78, 5) is 24.4. The first-order valence-electron chi connectivity index (χ1n) is 9.53. The average Bonchev–Trinajstić information content (AvgIpc) is 3.05. The number of furan rings is 1. The Labute approximate surface area is 178 Å². The van der Waals surface area contributed by atoms with E-state index in [0.29, 0.717) is 34.3 Å². The summed E-state index contributed by atoms with van der Waals surface area (Å²) in [6.45, 7) is 3.30. The van der Waals surface area contributed by atoms with Crippen molar-refractivity contribution in [2.75, 3.05) is 11.9 Å². The van der Waals surface area contributed by atoms with Crippen LogP contribution in [0.2, 0.25) is 0 Å². The van der Waals surface area contributed by atoms with Gasteiger partial charge >= 0.3 is 0 Å². The fourth-order valence-corrected chi connectivity index (χ4v) is 4.27. The van der Waals surface area contributed by atoms with E-state index in [1.165, 1.54) is 0 Å². The fraction of sp³-hybridized carbons (Fsp3) is 0.217. The van der Waals surface area contributed by atoms with Crippen LogP contribution in [0.25, 0.3) is 0 Å². The molecule has 0 saturated carbocycles. The van der Waals surface area contributed by atoms with Crippen LogP contribution < -0.4 is 10.6 Å². The highest BCUT2D eigenvalue weighted by atomic mass is 32.2. The lowest BCUT2D eigenvalue weighted by Gasteiger charge is -2.09. The second kappa shape index (κ2) is 10.0. The van der Waals surface area contributed by atoms with Gasteiger partial charge in [-0.1, -0.05) is 42.5 Å². The number of carbonyl (C=O) groups is 2. The first-order chi connectivity index (χ1) is 14.4. The molecule has 2 aromatic carbocycles. The quantitative estimate of drug-likeness (QED) is 0.577. The van der Waals surface area contributed by atoms with Gasteiger partial charge in [-0.3, -0.25) is 13.8 Å². The monoisotopic (exact) mass is 424 g/mol. The fourth-order valence-electron chi connectivity index (χ4n) is 3.05. The molecular weight excluding hydrogens is 400 g/mol. The molecular formula is C23H24N2O4S. The van der Waals surface area contributed by atoms with E-state index in [2.05, 4.69) is 10.6 Å². The molecule has 0 radical (unpaired) electrons. The second-order valence-corrected chi connectivity index (χ2v) is 8.43. The SMILES string of the molecule is Cc1cc(C(=O)NCC(=O)Nc2cccc(CS(=O)Cc3ccccc3)c2)c(C)o1. The molecule has 0 aliphatic rings. The maximum Gasteiger partial charge on any atom is 0.255 e. The predicted octanol–water partition coefficient (Wildman–Crippen LogP) is 3.71. The van der Waals surface area contributed by atoms with Crippen molar-refractivity contribution >= 4 is 28.3 Å². The normalized spacial score (nSPS) is 11.7. The number of hydrogen-bond acceptors (Lipinski definition) is 4. The van der Waals surface area contributed by atoms with E-state index in [9.17, 15) is 13.8 Å². The van der Waals surface area contributed by atoms with E-state index < -0.39 is 10.8 Å². The Morgan fingerprint density at radius 2 is 1.63 bits per heavy atom. The molecule has 0 saturated heterocycles. The average molecular weight is 425 g/mol. The second-order valence-electron chi connectivity index (χ2n) is 6.97. The van der Waals surface area contributed by atoms with E-state index >= 15 is 0 Å². The maximum atomic E-state index is 12.4. The highest BCUT2D eigenvalue weighted by molar-refractivity contribution is 7.83. The highest BCUT2D eigenvalue weighted by Crippen LogP contribution is 2.15. The van der Waals surface area contributed by atoms with E-state index in [1.54, 1.807) is 38.1 Å². The molecule has 6 nitrogen and oxygen atoms in total. The highest BCUT2D eigenvalue weighted by Gasteiger charge is 2.14. The summed E-state index contributed by atoms with van der Waals surface area (Å²) in [5.41, 5.74) is 2.91. The topological polar surface area (TPSA) is 88.4 Å². The molecule has 2 N–H and O–H groups in total. The Hall–Kier alpha value is -3.19. The van der Waals surface area contributed by atoms with Crippen LogP contribution >= 0.6 is 0 Å². The van der Waals surface area contributed by atoms with Crippen molar-refractivity contribution in [3.63, 3.8) is 0 Å². The van der Waals surface area contributed by atoms with Gasteiger partial charge in [0.2, 0.25) is 5.91 Å². The van der Waals surface area contributed by atoms with E-state index in [1.807, 2.05) is 36.4 Å². The number of benzene rings is 2. The van der Waals surface area contributed by atoms with Gasteiger partial charge in [0.25, 0.3) is 5.91 Å². The summed E-state index contributed by atoms with van der Waals surface area (Å²) < 4.78 is 17.8. The van der Waals surface area contributed by atoms with Crippen molar-refractivity contribution in [1.82, 2.24) is 5.32 Å². The van der Waals surface area contributed by atoms with Gasteiger partial charge in [-0.05, 0) is 43.2 Å². The summed E-state index contributed by atoms with van der Waals surface area (Å²) >= 11 is 0. The third-order valence-corrected chi connectivity index (χ3v) is 5.71. The van der Waals surface area contributed by atoms with Gasteiger partial charge in [-0.25, -0.2) is 0 Å². The van der Waals surface area contributed by atoms with Crippen LogP contribution in [0.1, 0.15) is 33.0 Å². The van der Waals surface area contributed by atoms with Gasteiger partial charge in [0, 0.05) is 28.0 Å². The van der Waals surface area contributed by atoms with Crippen LogP contribution in [0.15, 0.2) is 65.1 Å². The van der Waals surface area contributed by atoms with Gasteiger partial charge in [0.1, 0.15) is 11.5 Å². The number of anilines is 1. The summed E-state index contributed by atoms with van der Waals surface area (Å²) in [5.74, 6) is 1.34. The first-order valence-corrected chi connectivity index (χ1v) is 11.0. The summed E-state index contributed by atoms with van der Waals surface area (Å²) in [6, 6.07) is 18.6. The van der Waals surface area contributed by atoms with Crippen molar-refractivity contribution in [3.8, 4) is 0 Å². The number of amides is 2. The molecule has 0 bridgehead atoms. The molecule has 7 heteroatoms. The molecule has 0 spiro atoms. The van der Waals surface area contributed by atoms with Crippen molar-refractivity contribution in [2.24, 2.45) is 0 Å². The standard InChI is InChI=1S/C23H24N2O4S/c1-16-11-21(17(2)29-16)23(27)24-13-22(26)25-20-10-6-9-19(12-20)15-30(28)14-18-7-4-3-5-8-18/h3-12H,13-15H2,1-2H3,(H,24,27)(H,25,26). The number of rotatable bonds is 8. The Kier molecular flexibility index (Phi) is 7.19.